The highest BCUT2D eigenvalue weighted by Gasteiger charge is 2.37. The number of anilines is 4. The van der Waals surface area contributed by atoms with E-state index in [4.69, 9.17) is 9.72 Å². The quantitative estimate of drug-likeness (QED) is 0.137. The molecule has 0 radical (unpaired) electrons. The second-order valence-corrected chi connectivity index (χ2v) is 28.0. The van der Waals surface area contributed by atoms with E-state index in [0.29, 0.717) is 6.67 Å². The van der Waals surface area contributed by atoms with E-state index >= 15 is 0 Å². The van der Waals surface area contributed by atoms with Crippen LogP contribution in [0.25, 0.3) is 38.8 Å². The Morgan fingerprint density at radius 3 is 1.42 bits per heavy atom. The molecule has 0 amide bonds. The van der Waals surface area contributed by atoms with E-state index in [9.17, 15) is 0 Å². The van der Waals surface area contributed by atoms with Crippen molar-refractivity contribution in [3.63, 3.8) is 0 Å². The predicted octanol–water partition coefficient (Wildman–Crippen LogP) is 20.7. The minimum Gasteiger partial charge on any atom is -0.457 e. The maximum atomic E-state index is 7.33. The largest absolute Gasteiger partial charge is 0.457 e. The van der Waals surface area contributed by atoms with Gasteiger partial charge in [0, 0.05) is 51.3 Å². The van der Waals surface area contributed by atoms with Crippen LogP contribution in [0.1, 0.15) is 155 Å². The Hall–Kier alpha value is -7.89. The zero-order valence-corrected chi connectivity index (χ0v) is 50.9. The maximum absolute atomic E-state index is 7.33. The minimum absolute atomic E-state index is 0.0593. The Morgan fingerprint density at radius 1 is 0.358 bits per heavy atom. The summed E-state index contributed by atoms with van der Waals surface area (Å²) in [6.45, 7) is 38.0. The number of nitrogens with zero attached hydrogens (tertiary/aromatic N) is 4. The van der Waals surface area contributed by atoms with Crippen LogP contribution >= 0.6 is 0 Å². The van der Waals surface area contributed by atoms with Crippen LogP contribution in [0.4, 0.5) is 22.7 Å². The molecule has 0 fully saturated rings. The van der Waals surface area contributed by atoms with Crippen molar-refractivity contribution in [2.24, 2.45) is 0 Å². The summed E-state index contributed by atoms with van der Waals surface area (Å²) in [4.78, 5) is 10.2. The van der Waals surface area contributed by atoms with Gasteiger partial charge in [-0.3, -0.25) is 4.57 Å². The fourth-order valence-electron chi connectivity index (χ4n) is 12.0. The third-order valence-electron chi connectivity index (χ3n) is 17.2. The van der Waals surface area contributed by atoms with Crippen molar-refractivity contribution in [3.05, 3.63) is 239 Å². The molecule has 10 aromatic rings. The first-order valence-corrected chi connectivity index (χ1v) is 29.1. The van der Waals surface area contributed by atoms with Gasteiger partial charge in [-0.1, -0.05) is 214 Å². The third kappa shape index (κ3) is 10.5. The third-order valence-corrected chi connectivity index (χ3v) is 17.2. The number of pyridine rings is 1. The molecule has 2 aromatic heterocycles. The Bertz CT molecular complexity index is 3970. The topological polar surface area (TPSA) is 33.5 Å². The van der Waals surface area contributed by atoms with Crippen LogP contribution < -0.4 is 14.5 Å². The van der Waals surface area contributed by atoms with E-state index in [1.807, 2.05) is 6.20 Å². The predicted molar refractivity (Wildman–Crippen MR) is 344 cm³/mol. The van der Waals surface area contributed by atoms with Crippen molar-refractivity contribution >= 4 is 44.6 Å². The zero-order valence-electron chi connectivity index (χ0n) is 50.9. The molecular weight excluding hydrogens is 985 g/mol. The van der Waals surface area contributed by atoms with Crippen molar-refractivity contribution < 1.29 is 4.74 Å². The second kappa shape index (κ2) is 20.0. The zero-order chi connectivity index (χ0) is 57.6. The van der Waals surface area contributed by atoms with E-state index in [-0.39, 0.29) is 32.5 Å². The van der Waals surface area contributed by atoms with Gasteiger partial charge in [0.2, 0.25) is 0 Å². The summed E-state index contributed by atoms with van der Waals surface area (Å²) in [6, 6.07) is 69.6. The fraction of sp³-hybridized carbons (Fsp3) is 0.303. The smallest absolute Gasteiger partial charge is 0.137 e. The van der Waals surface area contributed by atoms with Gasteiger partial charge in [-0.15, -0.1) is 0 Å². The lowest BCUT2D eigenvalue weighted by Crippen LogP contribution is -2.27. The van der Waals surface area contributed by atoms with Gasteiger partial charge in [-0.2, -0.15) is 0 Å². The lowest BCUT2D eigenvalue weighted by Gasteiger charge is -2.33. The first-order chi connectivity index (χ1) is 38.2. The van der Waals surface area contributed by atoms with Crippen LogP contribution in [-0.2, 0) is 32.5 Å². The first-order valence-electron chi connectivity index (χ1n) is 29.1. The van der Waals surface area contributed by atoms with E-state index in [0.717, 1.165) is 45.0 Å². The first kappa shape index (κ1) is 55.0. The molecule has 412 valence electrons. The molecule has 8 aromatic carbocycles. The molecule has 3 heterocycles. The molecule has 5 heteroatoms. The lowest BCUT2D eigenvalue weighted by atomic mass is 9.74. The standard InChI is InChI=1S/C76H82N4O/c1-71(2,3)54-36-37-77-70(44-54)80-66-35-32-51(50-26-20-17-21-27-50)38-63(66)62-34-33-60(46-67(62)80)81-61-43-57(76(15,16)53-30-24-19-25-31-53)42-59(45-61)79-49-78(68-47-64(73(7,8)9)65(48-69(68)79)74(10,11)12)58-40-55(72(4,5)6)39-56(41-58)75(13,14)52-28-22-18-23-29-52/h17-48H,49H2,1-16H3. The average molecular weight is 1070 g/mol. The maximum Gasteiger partial charge on any atom is 0.137 e. The molecule has 0 aliphatic carbocycles. The number of ether oxygens (including phenoxy) is 1. The molecule has 0 spiro atoms. The van der Waals surface area contributed by atoms with Gasteiger partial charge < -0.3 is 14.5 Å². The van der Waals surface area contributed by atoms with E-state index < -0.39 is 0 Å². The number of rotatable bonds is 10. The number of benzene rings is 8. The van der Waals surface area contributed by atoms with Crippen LogP contribution in [0.15, 0.2) is 194 Å². The van der Waals surface area contributed by atoms with Crippen LogP contribution in [-0.4, -0.2) is 16.2 Å². The average Bonchev–Trinajstić information content (AvgIpc) is 4.24. The van der Waals surface area contributed by atoms with Gasteiger partial charge in [0.1, 0.15) is 24.0 Å². The second-order valence-electron chi connectivity index (χ2n) is 28.0. The molecule has 0 saturated carbocycles. The van der Waals surface area contributed by atoms with Crippen LogP contribution in [0.2, 0.25) is 0 Å². The van der Waals surface area contributed by atoms with Crippen molar-refractivity contribution in [2.45, 2.75) is 143 Å². The highest BCUT2D eigenvalue weighted by atomic mass is 16.5. The van der Waals surface area contributed by atoms with E-state index in [1.54, 1.807) is 0 Å². The van der Waals surface area contributed by atoms with Gasteiger partial charge in [0.05, 0.1) is 22.4 Å². The molecular formula is C76H82N4O. The highest BCUT2D eigenvalue weighted by Crippen LogP contribution is 2.52. The van der Waals surface area contributed by atoms with E-state index in [1.165, 1.54) is 72.5 Å². The van der Waals surface area contributed by atoms with E-state index in [2.05, 4.69) is 313 Å². The summed E-state index contributed by atoms with van der Waals surface area (Å²) in [5, 5.41) is 2.31. The number of fused-ring (bicyclic) bond motifs is 4. The van der Waals surface area contributed by atoms with Gasteiger partial charge in [-0.25, -0.2) is 4.98 Å². The molecule has 1 aliphatic heterocycles. The number of hydrogen-bond acceptors (Lipinski definition) is 4. The number of aromatic nitrogens is 2. The van der Waals surface area contributed by atoms with Crippen molar-refractivity contribution in [3.8, 4) is 28.4 Å². The lowest BCUT2D eigenvalue weighted by molar-refractivity contribution is 0.480. The summed E-state index contributed by atoms with van der Waals surface area (Å²) in [7, 11) is 0. The molecule has 1 aliphatic rings. The molecule has 0 atom stereocenters. The summed E-state index contributed by atoms with van der Waals surface area (Å²) in [6.07, 6.45) is 1.95. The van der Waals surface area contributed by atoms with Crippen LogP contribution in [0.3, 0.4) is 0 Å². The molecule has 11 rings (SSSR count). The molecule has 0 unspecified atom stereocenters. The normalized spacial score (nSPS) is 13.6. The van der Waals surface area contributed by atoms with Gasteiger partial charge in [0.25, 0.3) is 0 Å². The highest BCUT2D eigenvalue weighted by molar-refractivity contribution is 6.10. The Balaban J connectivity index is 1.11. The van der Waals surface area contributed by atoms with Crippen molar-refractivity contribution in [2.75, 3.05) is 16.5 Å². The number of hydrogen-bond donors (Lipinski definition) is 0. The van der Waals surface area contributed by atoms with Gasteiger partial charge in [0.15, 0.2) is 0 Å². The summed E-state index contributed by atoms with van der Waals surface area (Å²) in [5.74, 6) is 2.41. The van der Waals surface area contributed by atoms with Crippen LogP contribution in [0.5, 0.6) is 11.5 Å². The SMILES string of the molecule is CC(C)(C)c1cc(N2CN(c3cc(Oc4ccc5c6cc(-c7ccccc7)ccc6n(-c6cc(C(C)(C)C)ccn6)c5c4)cc(C(C)(C)c4ccccc4)c3)c3cc(C(C)(C)C)c(C(C)(C)C)cc32)cc(C(C)(C)c2ccccc2)c1. The monoisotopic (exact) mass is 1070 g/mol. The Kier molecular flexibility index (Phi) is 13.6. The molecule has 81 heavy (non-hydrogen) atoms. The van der Waals surface area contributed by atoms with Crippen LogP contribution in [0, 0.1) is 0 Å². The Morgan fingerprint density at radius 2 is 0.877 bits per heavy atom. The fourth-order valence-corrected chi connectivity index (χ4v) is 12.0. The Labute approximate surface area is 483 Å². The van der Waals surface area contributed by atoms with Crippen molar-refractivity contribution in [1.29, 1.82) is 0 Å². The van der Waals surface area contributed by atoms with Gasteiger partial charge >= 0.3 is 0 Å². The summed E-state index contributed by atoms with van der Waals surface area (Å²) < 4.78 is 9.65. The molecule has 0 bridgehead atoms. The van der Waals surface area contributed by atoms with Crippen molar-refractivity contribution in [1.82, 2.24) is 9.55 Å². The molecule has 0 N–H and O–H groups in total. The van der Waals surface area contributed by atoms with Gasteiger partial charge in [-0.05, 0) is 150 Å². The molecule has 0 saturated heterocycles. The molecule has 5 nitrogen and oxygen atoms in total. The summed E-state index contributed by atoms with van der Waals surface area (Å²) in [5.41, 5.74) is 18.4. The minimum atomic E-state index is -0.375. The summed E-state index contributed by atoms with van der Waals surface area (Å²) >= 11 is 0.